The van der Waals surface area contributed by atoms with Crippen molar-refractivity contribution in [2.45, 2.75) is 30.2 Å². The zero-order chi connectivity index (χ0) is 26.7. The Morgan fingerprint density at radius 1 is 1.00 bits per heavy atom. The van der Waals surface area contributed by atoms with Crippen molar-refractivity contribution in [3.63, 3.8) is 0 Å². The van der Waals surface area contributed by atoms with Crippen molar-refractivity contribution in [2.24, 2.45) is 4.99 Å². The minimum atomic E-state index is -6.70. The number of allylic oxidation sites excluding steroid dienone is 1. The zero-order valence-electron chi connectivity index (χ0n) is 15.1. The first-order valence-electron chi connectivity index (χ1n) is 7.74. The molecule has 1 aliphatic heterocycles. The first kappa shape index (κ1) is 27.8. The van der Waals surface area contributed by atoms with Gasteiger partial charge in [-0.1, -0.05) is 23.4 Å². The lowest BCUT2D eigenvalue weighted by atomic mass is 9.97. The smallest absolute Gasteiger partial charge is 0.333 e. The fraction of sp³-hybridized carbons (Fsp3) is 0.357. The highest BCUT2D eigenvalue weighted by Gasteiger charge is 2.77. The number of benzene rings is 1. The van der Waals surface area contributed by atoms with E-state index < -0.39 is 84.8 Å². The van der Waals surface area contributed by atoms with E-state index in [2.05, 4.69) is 4.99 Å². The van der Waals surface area contributed by atoms with Gasteiger partial charge in [-0.15, -0.1) is 0 Å². The van der Waals surface area contributed by atoms with Crippen LogP contribution < -0.4 is 5.32 Å². The number of anilines is 1. The Morgan fingerprint density at radius 3 is 1.88 bits per heavy atom. The average molecular weight is 560 g/mol. The summed E-state index contributed by atoms with van der Waals surface area (Å²) in [4.78, 5) is 8.34. The molecule has 0 aromatic heterocycles. The summed E-state index contributed by atoms with van der Waals surface area (Å²) in [7, 11) is 0. The van der Waals surface area contributed by atoms with E-state index >= 15 is 0 Å². The highest BCUT2D eigenvalue weighted by atomic mass is 35.5. The molecule has 1 aromatic rings. The molecule has 0 unspecified atom stereocenters. The van der Waals surface area contributed by atoms with Gasteiger partial charge in [0.2, 0.25) is 5.83 Å². The molecule has 0 spiro atoms. The summed E-state index contributed by atoms with van der Waals surface area (Å²) >= 11 is 4.33. The van der Waals surface area contributed by atoms with Crippen LogP contribution in [-0.4, -0.2) is 34.2 Å². The topological polar surface area (TPSA) is 67.5 Å². The maximum absolute atomic E-state index is 13.7. The number of thioether (sulfide) groups is 1. The van der Waals surface area contributed by atoms with Crippen molar-refractivity contribution in [3.05, 3.63) is 43.6 Å². The van der Waals surface area contributed by atoms with Crippen molar-refractivity contribution in [1.82, 2.24) is 0 Å². The third kappa shape index (κ3) is 4.84. The molecule has 1 N–H and O–H groups in total. The van der Waals surface area contributed by atoms with Crippen LogP contribution in [-0.2, 0) is 6.18 Å². The monoisotopic (exact) mass is 559 g/mol. The van der Waals surface area contributed by atoms with Crippen molar-refractivity contribution < 1.29 is 62.0 Å². The van der Waals surface area contributed by atoms with Gasteiger partial charge in [0, 0.05) is 6.07 Å². The van der Waals surface area contributed by atoms with Crippen LogP contribution in [0, 0.1) is 10.1 Å². The van der Waals surface area contributed by atoms with E-state index in [9.17, 15) is 67.2 Å². The molecular weight excluding hydrogens is 557 g/mol. The van der Waals surface area contributed by atoms with E-state index in [-0.39, 0.29) is 12.1 Å². The second kappa shape index (κ2) is 8.35. The molecule has 0 amide bonds. The van der Waals surface area contributed by atoms with Crippen LogP contribution in [0.15, 0.2) is 27.9 Å². The predicted octanol–water partition coefficient (Wildman–Crippen LogP) is 7.39. The third-order valence-electron chi connectivity index (χ3n) is 3.89. The Morgan fingerprint density at radius 2 is 1.50 bits per heavy atom. The Kier molecular flexibility index (Phi) is 6.83. The zero-order valence-corrected chi connectivity index (χ0v) is 16.6. The molecule has 0 bridgehead atoms. The molecule has 20 heteroatoms. The van der Waals surface area contributed by atoms with Crippen LogP contribution >= 0.6 is 23.4 Å². The molecule has 0 radical (unpaired) electrons. The molecule has 34 heavy (non-hydrogen) atoms. The van der Waals surface area contributed by atoms with Crippen LogP contribution in [0.5, 0.6) is 0 Å². The van der Waals surface area contributed by atoms with Gasteiger partial charge in [0.1, 0.15) is 5.56 Å². The van der Waals surface area contributed by atoms with Crippen LogP contribution in [0.2, 0.25) is 5.02 Å². The van der Waals surface area contributed by atoms with Gasteiger partial charge in [0.05, 0.1) is 20.5 Å². The summed E-state index contributed by atoms with van der Waals surface area (Å²) in [6, 6.07) is -0.172. The van der Waals surface area contributed by atoms with Crippen molar-refractivity contribution in [3.8, 4) is 0 Å². The summed E-state index contributed by atoms with van der Waals surface area (Å²) in [6.45, 7) is 0. The summed E-state index contributed by atoms with van der Waals surface area (Å²) in [5.41, 5.74) is -10.7. The minimum Gasteiger partial charge on any atom is -0.333 e. The molecule has 0 fully saturated rings. The fourth-order valence-corrected chi connectivity index (χ4v) is 3.85. The molecule has 0 aliphatic carbocycles. The number of nitrogens with one attached hydrogen (secondary N) is 1. The van der Waals surface area contributed by atoms with E-state index in [1.165, 1.54) is 5.32 Å². The molecule has 190 valence electrons. The fourth-order valence-electron chi connectivity index (χ4n) is 2.48. The van der Waals surface area contributed by atoms with Crippen LogP contribution in [0.4, 0.5) is 68.5 Å². The highest BCUT2D eigenvalue weighted by Crippen LogP contribution is 2.59. The standard InChI is InChI=1S/C14H3ClF13N3O2S/c15-4-2-6(31(32)33)3(11(17,18)19)1-5(4)29-9-30-10(13(23,24)25,14(26,27)28)8(34-9)7(16)12(20,21)22/h1-2H,(H,29,30). The maximum Gasteiger partial charge on any atom is 0.443 e. The van der Waals surface area contributed by atoms with Gasteiger partial charge in [0.15, 0.2) is 5.17 Å². The maximum atomic E-state index is 13.7. The first-order valence-corrected chi connectivity index (χ1v) is 8.94. The molecule has 1 heterocycles. The Labute approximate surface area is 186 Å². The number of nitro benzene ring substituents is 1. The average Bonchev–Trinajstić information content (AvgIpc) is 3.01. The van der Waals surface area contributed by atoms with Gasteiger partial charge >= 0.3 is 24.7 Å². The summed E-state index contributed by atoms with van der Waals surface area (Å²) < 4.78 is 171. The van der Waals surface area contributed by atoms with Crippen LogP contribution in [0.1, 0.15) is 5.56 Å². The SMILES string of the molecule is O=[N+]([O-])c1cc(Cl)c(NC2=NC(C(F)(F)F)(C(F)(F)F)C(=C(F)C(F)(F)F)S2)cc1C(F)(F)F. The normalized spacial score (nSPS) is 18.6. The lowest BCUT2D eigenvalue weighted by Crippen LogP contribution is -2.55. The van der Waals surface area contributed by atoms with E-state index in [1.54, 1.807) is 0 Å². The van der Waals surface area contributed by atoms with Gasteiger partial charge in [0.25, 0.3) is 11.2 Å². The Hall–Kier alpha value is -2.44. The third-order valence-corrected chi connectivity index (χ3v) is 5.27. The largest absolute Gasteiger partial charge is 0.443 e. The number of amidine groups is 1. The summed E-state index contributed by atoms with van der Waals surface area (Å²) in [5, 5.41) is 9.35. The molecule has 5 nitrogen and oxygen atoms in total. The molecule has 1 aromatic carbocycles. The van der Waals surface area contributed by atoms with E-state index in [0.717, 1.165) is 0 Å². The molecule has 1 aliphatic rings. The number of halogens is 14. The quantitative estimate of drug-likeness (QED) is 0.233. The van der Waals surface area contributed by atoms with Gasteiger partial charge in [-0.3, -0.25) is 10.1 Å². The van der Waals surface area contributed by atoms with Gasteiger partial charge in [-0.2, -0.15) is 52.7 Å². The van der Waals surface area contributed by atoms with Crippen molar-refractivity contribution in [2.75, 3.05) is 5.32 Å². The van der Waals surface area contributed by atoms with Gasteiger partial charge in [-0.05, 0) is 6.07 Å². The molecule has 2 rings (SSSR count). The highest BCUT2D eigenvalue weighted by molar-refractivity contribution is 8.17. The summed E-state index contributed by atoms with van der Waals surface area (Å²) in [5.74, 6) is -3.81. The lowest BCUT2D eigenvalue weighted by Gasteiger charge is -2.31. The second-order valence-corrected chi connectivity index (χ2v) is 7.50. The molecule has 0 atom stereocenters. The molecule has 0 saturated heterocycles. The molecule has 0 saturated carbocycles. The van der Waals surface area contributed by atoms with E-state index in [1.807, 2.05) is 0 Å². The minimum absolute atomic E-state index is 0.0285. The summed E-state index contributed by atoms with van der Waals surface area (Å²) in [6.07, 6.45) is -25.2. The number of hydrogen-bond acceptors (Lipinski definition) is 5. The van der Waals surface area contributed by atoms with Crippen LogP contribution in [0.3, 0.4) is 0 Å². The number of nitro groups is 1. The number of hydrogen-bond donors (Lipinski definition) is 1. The van der Waals surface area contributed by atoms with Gasteiger partial charge < -0.3 is 5.32 Å². The second-order valence-electron chi connectivity index (χ2n) is 6.09. The van der Waals surface area contributed by atoms with Gasteiger partial charge in [-0.25, -0.2) is 9.38 Å². The molecular formula is C14H3ClF13N3O2S. The van der Waals surface area contributed by atoms with E-state index in [4.69, 9.17) is 11.6 Å². The number of rotatable bonds is 2. The Balaban J connectivity index is 2.77. The first-order chi connectivity index (χ1) is 15.0. The van der Waals surface area contributed by atoms with Crippen molar-refractivity contribution in [1.29, 1.82) is 0 Å². The number of alkyl halides is 12. The van der Waals surface area contributed by atoms with Crippen LogP contribution in [0.25, 0.3) is 0 Å². The lowest BCUT2D eigenvalue weighted by molar-refractivity contribution is -0.388. The van der Waals surface area contributed by atoms with E-state index in [0.29, 0.717) is 0 Å². The Bertz CT molecular complexity index is 1060. The number of nitrogens with zero attached hydrogens (tertiary/aromatic N) is 2. The predicted molar refractivity (Wildman–Crippen MR) is 90.8 cm³/mol. The number of aliphatic imine (C=N–C) groups is 1. The van der Waals surface area contributed by atoms with Crippen molar-refractivity contribution >= 4 is 39.9 Å².